The van der Waals surface area contributed by atoms with Gasteiger partial charge in [-0.1, -0.05) is 31.2 Å². The standard InChI is InChI=1S/C30H33N5O6S/c1-16-13-19(16)18-7-8-20-23(15-18)41-30(38)21-5-4-6-22(31)25(21)27(36)29(20,30)33-28(37)26-17(2)14-24(32-26)42(39,40)35-11-9-34(3)10-12-35/h4-8,14-16,19,32,38H,9-13,31H2,1-3H3,(H,33,37)/t16-,19?,29+,30+/m0/s1. The molecule has 1 amide bonds. The predicted octanol–water partition coefficient (Wildman–Crippen LogP) is 2.02. The van der Waals surface area contributed by atoms with E-state index in [4.69, 9.17) is 10.5 Å². The van der Waals surface area contributed by atoms with Gasteiger partial charge in [-0.25, -0.2) is 8.42 Å². The number of Topliss-reactive ketones (excluding diaryl/α,β-unsaturated/α-hetero) is 1. The molecule has 7 rings (SSSR count). The van der Waals surface area contributed by atoms with Crippen molar-refractivity contribution in [2.75, 3.05) is 39.0 Å². The lowest BCUT2D eigenvalue weighted by atomic mass is 9.82. The first-order valence-electron chi connectivity index (χ1n) is 14.1. The lowest BCUT2D eigenvalue weighted by molar-refractivity contribution is -0.169. The number of ketones is 1. The Hall–Kier alpha value is -3.71. The molecule has 0 radical (unpaired) electrons. The number of nitrogens with one attached hydrogen (secondary N) is 2. The van der Waals surface area contributed by atoms with E-state index in [1.807, 2.05) is 24.1 Å². The highest BCUT2D eigenvalue weighted by Gasteiger charge is 2.72. The summed E-state index contributed by atoms with van der Waals surface area (Å²) in [5.74, 6) is -2.45. The third-order valence-electron chi connectivity index (χ3n) is 9.34. The number of anilines is 1. The number of hydrogen-bond donors (Lipinski definition) is 4. The van der Waals surface area contributed by atoms with Crippen molar-refractivity contribution in [3.63, 3.8) is 0 Å². The molecule has 1 saturated heterocycles. The van der Waals surface area contributed by atoms with Crippen molar-refractivity contribution in [1.82, 2.24) is 19.5 Å². The summed E-state index contributed by atoms with van der Waals surface area (Å²) in [6.45, 7) is 5.63. The zero-order chi connectivity index (χ0) is 29.8. The van der Waals surface area contributed by atoms with E-state index in [0.717, 1.165) is 12.0 Å². The Morgan fingerprint density at radius 3 is 2.55 bits per heavy atom. The fourth-order valence-electron chi connectivity index (χ4n) is 6.71. The number of H-pyrrole nitrogens is 1. The van der Waals surface area contributed by atoms with Gasteiger partial charge in [-0.3, -0.25) is 9.59 Å². The number of ether oxygens (including phenoxy) is 1. The van der Waals surface area contributed by atoms with Crippen molar-refractivity contribution in [2.45, 2.75) is 42.5 Å². The van der Waals surface area contributed by atoms with E-state index in [1.54, 1.807) is 31.2 Å². The summed E-state index contributed by atoms with van der Waals surface area (Å²) < 4.78 is 34.4. The molecule has 1 aromatic heterocycles. The third kappa shape index (κ3) is 3.58. The zero-order valence-electron chi connectivity index (χ0n) is 23.6. The summed E-state index contributed by atoms with van der Waals surface area (Å²) in [6, 6.07) is 11.6. The molecule has 4 aliphatic rings. The number of aliphatic hydroxyl groups is 1. The molecule has 5 N–H and O–H groups in total. The Balaban J connectivity index is 1.30. The van der Waals surface area contributed by atoms with Gasteiger partial charge < -0.3 is 30.8 Å². The van der Waals surface area contributed by atoms with Gasteiger partial charge in [0.15, 0.2) is 0 Å². The number of likely N-dealkylation sites (N-methyl/N-ethyl adjacent to an activating group) is 1. The molecule has 1 unspecified atom stereocenters. The molecule has 11 nitrogen and oxygen atoms in total. The Kier molecular flexibility index (Phi) is 5.75. The average Bonchev–Trinajstić information content (AvgIpc) is 3.38. The Bertz CT molecular complexity index is 1780. The molecule has 0 spiro atoms. The first-order chi connectivity index (χ1) is 19.9. The van der Waals surface area contributed by atoms with Gasteiger partial charge in [0.1, 0.15) is 16.5 Å². The number of fused-ring (bicyclic) bond motifs is 5. The number of amides is 1. The summed E-state index contributed by atoms with van der Waals surface area (Å²) in [6.07, 6.45) is 1.04. The van der Waals surface area contributed by atoms with Gasteiger partial charge >= 0.3 is 0 Å². The fraction of sp³-hybridized carbons (Fsp3) is 0.400. The third-order valence-corrected chi connectivity index (χ3v) is 11.2. The van der Waals surface area contributed by atoms with Crippen LogP contribution < -0.4 is 15.8 Å². The van der Waals surface area contributed by atoms with Crippen molar-refractivity contribution in [1.29, 1.82) is 0 Å². The number of nitrogen functional groups attached to an aromatic ring is 1. The first-order valence-corrected chi connectivity index (χ1v) is 15.5. The van der Waals surface area contributed by atoms with Gasteiger partial charge in [0, 0.05) is 43.0 Å². The van der Waals surface area contributed by atoms with E-state index >= 15 is 0 Å². The lowest BCUT2D eigenvalue weighted by Gasteiger charge is -2.34. The molecule has 3 heterocycles. The highest BCUT2D eigenvalue weighted by Crippen LogP contribution is 2.60. The molecule has 2 fully saturated rings. The molecule has 3 aromatic rings. The number of rotatable bonds is 5. The van der Waals surface area contributed by atoms with E-state index in [9.17, 15) is 23.1 Å². The SMILES string of the molecule is Cc1cc(S(=O)(=O)N2CCN(C)CC2)[nH]c1C(=O)N[C@]12C(=O)c3c(N)cccc3[C@@]1(O)Oc1cc(C3C[C@@H]3C)ccc12. The number of nitrogens with zero attached hydrogens (tertiary/aromatic N) is 2. The number of aromatic amines is 1. The van der Waals surface area contributed by atoms with Crippen molar-refractivity contribution < 1.29 is 27.9 Å². The van der Waals surface area contributed by atoms with E-state index in [2.05, 4.69) is 17.2 Å². The highest BCUT2D eigenvalue weighted by atomic mass is 32.2. The number of aromatic nitrogens is 1. The van der Waals surface area contributed by atoms with Crippen LogP contribution in [0.2, 0.25) is 0 Å². The molecule has 1 saturated carbocycles. The summed E-state index contributed by atoms with van der Waals surface area (Å²) >= 11 is 0. The van der Waals surface area contributed by atoms with Crippen LogP contribution in [0.3, 0.4) is 0 Å². The zero-order valence-corrected chi connectivity index (χ0v) is 24.4. The van der Waals surface area contributed by atoms with E-state index in [-0.39, 0.29) is 27.5 Å². The van der Waals surface area contributed by atoms with Crippen LogP contribution in [-0.4, -0.2) is 72.6 Å². The Labute approximate surface area is 243 Å². The molecule has 2 aliphatic heterocycles. The van der Waals surface area contributed by atoms with Gasteiger partial charge in [-0.05, 0) is 61.6 Å². The number of sulfonamides is 1. The van der Waals surface area contributed by atoms with Gasteiger partial charge in [0.25, 0.3) is 21.7 Å². The van der Waals surface area contributed by atoms with Gasteiger partial charge in [0.05, 0.1) is 5.56 Å². The summed E-state index contributed by atoms with van der Waals surface area (Å²) in [7, 11) is -1.96. The molecule has 0 bridgehead atoms. The summed E-state index contributed by atoms with van der Waals surface area (Å²) in [5, 5.41) is 14.9. The molecular formula is C30H33N5O6S. The number of benzene rings is 2. The fourth-order valence-corrected chi connectivity index (χ4v) is 8.18. The van der Waals surface area contributed by atoms with Crippen LogP contribution in [0.4, 0.5) is 5.69 Å². The van der Waals surface area contributed by atoms with Crippen LogP contribution in [-0.2, 0) is 21.3 Å². The van der Waals surface area contributed by atoms with Gasteiger partial charge in [0.2, 0.25) is 11.3 Å². The second kappa shape index (κ2) is 8.90. The maximum atomic E-state index is 14.3. The molecule has 2 aromatic carbocycles. The second-order valence-electron chi connectivity index (χ2n) is 12.0. The summed E-state index contributed by atoms with van der Waals surface area (Å²) in [4.78, 5) is 33.1. The minimum Gasteiger partial charge on any atom is -0.454 e. The molecular weight excluding hydrogens is 558 g/mol. The van der Waals surface area contributed by atoms with Crippen molar-refractivity contribution >= 4 is 27.4 Å². The minimum absolute atomic E-state index is 0.0342. The van der Waals surface area contributed by atoms with E-state index in [1.165, 1.54) is 10.4 Å². The van der Waals surface area contributed by atoms with E-state index in [0.29, 0.717) is 54.9 Å². The van der Waals surface area contributed by atoms with Crippen LogP contribution in [0.1, 0.15) is 62.4 Å². The molecule has 4 atom stereocenters. The van der Waals surface area contributed by atoms with Crippen LogP contribution >= 0.6 is 0 Å². The smallest absolute Gasteiger partial charge is 0.271 e. The van der Waals surface area contributed by atoms with E-state index < -0.39 is 33.0 Å². The number of nitrogens with two attached hydrogens (primary N) is 1. The minimum atomic E-state index is -3.89. The Morgan fingerprint density at radius 1 is 1.14 bits per heavy atom. The van der Waals surface area contributed by atoms with Crippen LogP contribution in [0.5, 0.6) is 5.75 Å². The molecule has 42 heavy (non-hydrogen) atoms. The topological polar surface area (TPSA) is 158 Å². The quantitative estimate of drug-likeness (QED) is 0.328. The maximum Gasteiger partial charge on any atom is 0.271 e. The lowest BCUT2D eigenvalue weighted by Crippen LogP contribution is -2.60. The Morgan fingerprint density at radius 2 is 1.86 bits per heavy atom. The van der Waals surface area contributed by atoms with Crippen LogP contribution in [0.25, 0.3) is 0 Å². The van der Waals surface area contributed by atoms with Crippen molar-refractivity contribution in [3.05, 3.63) is 76.0 Å². The normalized spacial score (nSPS) is 28.6. The monoisotopic (exact) mass is 591 g/mol. The van der Waals surface area contributed by atoms with Crippen molar-refractivity contribution in [3.8, 4) is 5.75 Å². The number of hydrogen-bond acceptors (Lipinski definition) is 8. The molecule has 12 heteroatoms. The summed E-state index contributed by atoms with van der Waals surface area (Å²) in [5.41, 5.74) is 6.24. The van der Waals surface area contributed by atoms with Crippen LogP contribution in [0.15, 0.2) is 47.5 Å². The van der Waals surface area contributed by atoms with Gasteiger partial charge in [-0.15, -0.1) is 0 Å². The number of aryl methyl sites for hydroxylation is 1. The van der Waals surface area contributed by atoms with Gasteiger partial charge in [-0.2, -0.15) is 4.31 Å². The van der Waals surface area contributed by atoms with Crippen LogP contribution in [0, 0.1) is 12.8 Å². The highest BCUT2D eigenvalue weighted by molar-refractivity contribution is 7.89. The number of carbonyl (C=O) groups is 2. The largest absolute Gasteiger partial charge is 0.454 e. The second-order valence-corrected chi connectivity index (χ2v) is 13.9. The number of piperazine rings is 1. The molecule has 220 valence electrons. The average molecular weight is 592 g/mol. The maximum absolute atomic E-state index is 14.3. The first kappa shape index (κ1) is 27.1. The van der Waals surface area contributed by atoms with Crippen molar-refractivity contribution in [2.24, 2.45) is 5.92 Å². The molecule has 2 aliphatic carbocycles. The predicted molar refractivity (Wildman–Crippen MR) is 154 cm³/mol. The number of carbonyl (C=O) groups excluding carboxylic acids is 2.